The first kappa shape index (κ1) is 15.9. The zero-order valence-electron chi connectivity index (χ0n) is 12.6. The molecule has 0 amide bonds. The molecule has 2 aromatic heterocycles. The number of nitrogens with zero attached hydrogens (tertiary/aromatic N) is 3. The highest BCUT2D eigenvalue weighted by atomic mass is 35.5. The third-order valence-electron chi connectivity index (χ3n) is 3.08. The van der Waals surface area contributed by atoms with Crippen LogP contribution in [0.15, 0.2) is 47.1 Å². The number of aromatic nitrogens is 3. The lowest BCUT2D eigenvalue weighted by atomic mass is 10.2. The smallest absolute Gasteiger partial charge is 0.340 e. The Kier molecular flexibility index (Phi) is 4.72. The Labute approximate surface area is 142 Å². The number of methoxy groups -OCH3 is 1. The van der Waals surface area contributed by atoms with Gasteiger partial charge < -0.3 is 14.0 Å². The van der Waals surface area contributed by atoms with Crippen molar-refractivity contribution in [3.63, 3.8) is 0 Å². The molecule has 0 N–H and O–H groups in total. The van der Waals surface area contributed by atoms with Crippen LogP contribution in [0.5, 0.6) is 5.88 Å². The van der Waals surface area contributed by atoms with Crippen molar-refractivity contribution in [3.05, 3.63) is 59.1 Å². The van der Waals surface area contributed by atoms with Crippen molar-refractivity contribution in [2.75, 3.05) is 7.11 Å². The average molecular weight is 346 g/mol. The summed E-state index contributed by atoms with van der Waals surface area (Å²) in [5.74, 6) is 0.450. The van der Waals surface area contributed by atoms with E-state index in [9.17, 15) is 4.79 Å². The third kappa shape index (κ3) is 3.69. The van der Waals surface area contributed by atoms with E-state index in [1.54, 1.807) is 36.4 Å². The molecule has 0 unspecified atom stereocenters. The predicted octanol–water partition coefficient (Wildman–Crippen LogP) is 3.15. The van der Waals surface area contributed by atoms with Crippen LogP contribution >= 0.6 is 11.6 Å². The Hall–Kier alpha value is -2.93. The van der Waals surface area contributed by atoms with Crippen LogP contribution in [0.4, 0.5) is 0 Å². The maximum absolute atomic E-state index is 11.9. The van der Waals surface area contributed by atoms with Crippen molar-refractivity contribution in [1.29, 1.82) is 0 Å². The molecule has 0 fully saturated rings. The van der Waals surface area contributed by atoms with Crippen LogP contribution in [-0.2, 0) is 11.3 Å². The van der Waals surface area contributed by atoms with Crippen molar-refractivity contribution in [2.24, 2.45) is 0 Å². The highest BCUT2D eigenvalue weighted by Crippen LogP contribution is 2.19. The van der Waals surface area contributed by atoms with Gasteiger partial charge in [0.05, 0.1) is 12.7 Å². The number of carbonyl (C=O) groups excluding carboxylic acids is 1. The molecular formula is C16H12ClN3O4. The molecule has 0 saturated heterocycles. The van der Waals surface area contributed by atoms with Crippen molar-refractivity contribution < 1.29 is 18.8 Å². The van der Waals surface area contributed by atoms with Gasteiger partial charge in [-0.25, -0.2) is 9.78 Å². The number of benzene rings is 1. The number of hydrogen-bond acceptors (Lipinski definition) is 7. The molecule has 0 radical (unpaired) electrons. The molecule has 122 valence electrons. The summed E-state index contributed by atoms with van der Waals surface area (Å²) < 4.78 is 15.1. The molecule has 0 atom stereocenters. The van der Waals surface area contributed by atoms with Gasteiger partial charge in [-0.1, -0.05) is 16.8 Å². The third-order valence-corrected chi connectivity index (χ3v) is 3.33. The summed E-state index contributed by atoms with van der Waals surface area (Å²) in [7, 11) is 1.49. The SMILES string of the molecule is COc1ccc(C(=O)OCc2nc(-c3ccc(Cl)cc3)no2)cn1. The van der Waals surface area contributed by atoms with Gasteiger partial charge in [-0.05, 0) is 30.3 Å². The molecule has 0 spiro atoms. The fourth-order valence-corrected chi connectivity index (χ4v) is 1.99. The Balaban J connectivity index is 1.62. The minimum atomic E-state index is -0.545. The first-order valence-electron chi connectivity index (χ1n) is 6.91. The lowest BCUT2D eigenvalue weighted by Gasteiger charge is -2.02. The molecule has 0 saturated carbocycles. The van der Waals surface area contributed by atoms with Crippen LogP contribution in [-0.4, -0.2) is 28.2 Å². The van der Waals surface area contributed by atoms with E-state index in [1.165, 1.54) is 13.3 Å². The molecule has 0 aliphatic heterocycles. The molecule has 7 nitrogen and oxygen atoms in total. The van der Waals surface area contributed by atoms with Gasteiger partial charge in [0.15, 0.2) is 6.61 Å². The molecule has 0 aliphatic carbocycles. The Morgan fingerprint density at radius 3 is 2.67 bits per heavy atom. The average Bonchev–Trinajstić information content (AvgIpc) is 3.09. The highest BCUT2D eigenvalue weighted by Gasteiger charge is 2.13. The van der Waals surface area contributed by atoms with E-state index in [2.05, 4.69) is 15.1 Å². The van der Waals surface area contributed by atoms with E-state index >= 15 is 0 Å². The normalized spacial score (nSPS) is 10.4. The second-order valence-electron chi connectivity index (χ2n) is 4.68. The summed E-state index contributed by atoms with van der Waals surface area (Å²) in [5.41, 5.74) is 1.05. The fourth-order valence-electron chi connectivity index (χ4n) is 1.86. The molecule has 8 heteroatoms. The quantitative estimate of drug-likeness (QED) is 0.656. The van der Waals surface area contributed by atoms with Crippen LogP contribution in [0.2, 0.25) is 5.02 Å². The Bertz CT molecular complexity index is 831. The Morgan fingerprint density at radius 1 is 1.21 bits per heavy atom. The van der Waals surface area contributed by atoms with E-state index in [-0.39, 0.29) is 12.5 Å². The van der Waals surface area contributed by atoms with Crippen LogP contribution < -0.4 is 4.74 Å². The highest BCUT2D eigenvalue weighted by molar-refractivity contribution is 6.30. The molecule has 0 bridgehead atoms. The van der Waals surface area contributed by atoms with Crippen LogP contribution in [0.25, 0.3) is 11.4 Å². The van der Waals surface area contributed by atoms with E-state index in [4.69, 9.17) is 25.6 Å². The minimum absolute atomic E-state index is 0.133. The monoisotopic (exact) mass is 345 g/mol. The second-order valence-corrected chi connectivity index (χ2v) is 5.12. The Morgan fingerprint density at radius 2 is 2.00 bits per heavy atom. The van der Waals surface area contributed by atoms with Gasteiger partial charge in [-0.3, -0.25) is 0 Å². The lowest BCUT2D eigenvalue weighted by molar-refractivity contribution is 0.0429. The summed E-state index contributed by atoms with van der Waals surface area (Å²) in [4.78, 5) is 20.0. The van der Waals surface area contributed by atoms with Gasteiger partial charge in [0.2, 0.25) is 11.7 Å². The number of halogens is 1. The second kappa shape index (κ2) is 7.10. The maximum Gasteiger partial charge on any atom is 0.340 e. The van der Waals surface area contributed by atoms with Gasteiger partial charge in [-0.2, -0.15) is 4.98 Å². The summed E-state index contributed by atoms with van der Waals surface area (Å²) in [6, 6.07) is 10.1. The largest absolute Gasteiger partial charge is 0.481 e. The summed E-state index contributed by atoms with van der Waals surface area (Å²) in [6.07, 6.45) is 1.37. The van der Waals surface area contributed by atoms with Gasteiger partial charge in [0.1, 0.15) is 0 Å². The number of rotatable bonds is 5. The van der Waals surface area contributed by atoms with Gasteiger partial charge in [-0.15, -0.1) is 0 Å². The van der Waals surface area contributed by atoms with E-state index in [0.29, 0.717) is 22.3 Å². The van der Waals surface area contributed by atoms with Gasteiger partial charge in [0, 0.05) is 22.8 Å². The first-order valence-corrected chi connectivity index (χ1v) is 7.29. The lowest BCUT2D eigenvalue weighted by Crippen LogP contribution is -2.06. The zero-order valence-corrected chi connectivity index (χ0v) is 13.4. The molecule has 2 heterocycles. The van der Waals surface area contributed by atoms with Gasteiger partial charge >= 0.3 is 5.97 Å². The molecule has 3 rings (SSSR count). The van der Waals surface area contributed by atoms with E-state index < -0.39 is 5.97 Å². The molecule has 3 aromatic rings. The van der Waals surface area contributed by atoms with Crippen molar-refractivity contribution in [1.82, 2.24) is 15.1 Å². The van der Waals surface area contributed by atoms with Crippen molar-refractivity contribution in [2.45, 2.75) is 6.61 Å². The van der Waals surface area contributed by atoms with Crippen LogP contribution in [0, 0.1) is 0 Å². The molecular weight excluding hydrogens is 334 g/mol. The molecule has 24 heavy (non-hydrogen) atoms. The minimum Gasteiger partial charge on any atom is -0.481 e. The van der Waals surface area contributed by atoms with E-state index in [0.717, 1.165) is 5.56 Å². The summed E-state index contributed by atoms with van der Waals surface area (Å²) in [6.45, 7) is -0.133. The predicted molar refractivity (Wildman–Crippen MR) is 84.7 cm³/mol. The summed E-state index contributed by atoms with van der Waals surface area (Å²) in [5, 5.41) is 4.46. The first-order chi connectivity index (χ1) is 11.7. The van der Waals surface area contributed by atoms with Crippen molar-refractivity contribution in [3.8, 4) is 17.3 Å². The van der Waals surface area contributed by atoms with Crippen LogP contribution in [0.3, 0.4) is 0 Å². The number of esters is 1. The number of hydrogen-bond donors (Lipinski definition) is 0. The van der Waals surface area contributed by atoms with Crippen LogP contribution in [0.1, 0.15) is 16.2 Å². The topological polar surface area (TPSA) is 87.3 Å². The number of pyridine rings is 1. The molecule has 1 aromatic carbocycles. The maximum atomic E-state index is 11.9. The standard InChI is InChI=1S/C16H12ClN3O4/c1-22-13-7-4-11(8-18-13)16(21)23-9-14-19-15(20-24-14)10-2-5-12(17)6-3-10/h2-8H,9H2,1H3. The molecule has 0 aliphatic rings. The van der Waals surface area contributed by atoms with Gasteiger partial charge in [0.25, 0.3) is 5.89 Å². The fraction of sp³-hybridized carbons (Fsp3) is 0.125. The number of carbonyl (C=O) groups is 1. The van der Waals surface area contributed by atoms with E-state index in [1.807, 2.05) is 0 Å². The number of ether oxygens (including phenoxy) is 2. The summed E-state index contributed by atoms with van der Waals surface area (Å²) >= 11 is 5.83. The van der Waals surface area contributed by atoms with Crippen molar-refractivity contribution >= 4 is 17.6 Å². The zero-order chi connectivity index (χ0) is 16.9.